The smallest absolute Gasteiger partial charge is 0.244 e. The van der Waals surface area contributed by atoms with E-state index in [1.54, 1.807) is 0 Å². The molecule has 0 amide bonds. The summed E-state index contributed by atoms with van der Waals surface area (Å²) in [4.78, 5) is 6.63. The summed E-state index contributed by atoms with van der Waals surface area (Å²) >= 11 is 0. The van der Waals surface area contributed by atoms with Crippen LogP contribution in [0.5, 0.6) is 0 Å². The van der Waals surface area contributed by atoms with Crippen LogP contribution < -0.4 is 5.32 Å². The highest BCUT2D eigenvalue weighted by Crippen LogP contribution is 2.24. The first-order chi connectivity index (χ1) is 9.72. The minimum Gasteiger partial charge on any atom is -0.338 e. The summed E-state index contributed by atoms with van der Waals surface area (Å²) in [5.74, 6) is 1.49. The third-order valence-corrected chi connectivity index (χ3v) is 3.65. The van der Waals surface area contributed by atoms with Crippen molar-refractivity contribution in [3.63, 3.8) is 0 Å². The van der Waals surface area contributed by atoms with Crippen LogP contribution in [0.15, 0.2) is 28.8 Å². The second-order valence-electron chi connectivity index (χ2n) is 5.51. The SMILES string of the molecule is CN(C)CCc1noc([C@H]2Cc3ccccc3CN2)n1. The molecular weight excluding hydrogens is 252 g/mol. The minimum atomic E-state index is 0.130. The van der Waals surface area contributed by atoms with Gasteiger partial charge in [-0.2, -0.15) is 4.98 Å². The largest absolute Gasteiger partial charge is 0.338 e. The van der Waals surface area contributed by atoms with Crippen molar-refractivity contribution in [2.24, 2.45) is 0 Å². The highest BCUT2D eigenvalue weighted by molar-refractivity contribution is 5.30. The summed E-state index contributed by atoms with van der Waals surface area (Å²) in [6, 6.07) is 8.62. The Bertz CT molecular complexity index is 579. The van der Waals surface area contributed by atoms with Crippen molar-refractivity contribution in [2.45, 2.75) is 25.4 Å². The van der Waals surface area contributed by atoms with E-state index in [0.29, 0.717) is 5.89 Å². The molecule has 1 atom stereocenters. The summed E-state index contributed by atoms with van der Waals surface area (Å²) in [6.07, 6.45) is 1.73. The van der Waals surface area contributed by atoms with E-state index in [2.05, 4.69) is 44.6 Å². The summed E-state index contributed by atoms with van der Waals surface area (Å²) in [7, 11) is 4.08. The lowest BCUT2D eigenvalue weighted by molar-refractivity contribution is 0.317. The molecule has 0 fully saturated rings. The van der Waals surface area contributed by atoms with Crippen molar-refractivity contribution < 1.29 is 4.52 Å². The molecule has 106 valence electrons. The highest BCUT2D eigenvalue weighted by Gasteiger charge is 2.23. The number of fused-ring (bicyclic) bond motifs is 1. The molecule has 3 rings (SSSR count). The zero-order valence-corrected chi connectivity index (χ0v) is 12.0. The van der Waals surface area contributed by atoms with E-state index in [4.69, 9.17) is 4.52 Å². The van der Waals surface area contributed by atoms with Crippen molar-refractivity contribution in [2.75, 3.05) is 20.6 Å². The second kappa shape index (κ2) is 5.73. The topological polar surface area (TPSA) is 54.2 Å². The van der Waals surface area contributed by atoms with E-state index in [1.165, 1.54) is 11.1 Å². The van der Waals surface area contributed by atoms with E-state index in [9.17, 15) is 0 Å². The molecule has 0 saturated carbocycles. The number of benzene rings is 1. The van der Waals surface area contributed by atoms with Crippen LogP contribution in [0.25, 0.3) is 0 Å². The van der Waals surface area contributed by atoms with Crippen molar-refractivity contribution in [1.82, 2.24) is 20.4 Å². The Balaban J connectivity index is 1.69. The molecule has 2 aromatic rings. The third-order valence-electron chi connectivity index (χ3n) is 3.65. The first-order valence-electron chi connectivity index (χ1n) is 7.00. The van der Waals surface area contributed by atoms with Gasteiger partial charge in [0.1, 0.15) is 0 Å². The number of rotatable bonds is 4. The molecular formula is C15H20N4O. The van der Waals surface area contributed by atoms with E-state index in [1.807, 2.05) is 14.1 Å². The molecule has 0 unspecified atom stereocenters. The van der Waals surface area contributed by atoms with Gasteiger partial charge in [0.05, 0.1) is 6.04 Å². The fraction of sp³-hybridized carbons (Fsp3) is 0.467. The van der Waals surface area contributed by atoms with Crippen molar-refractivity contribution in [3.05, 3.63) is 47.1 Å². The summed E-state index contributed by atoms with van der Waals surface area (Å²) in [5, 5.41) is 7.53. The normalized spacial score (nSPS) is 18.2. The Kier molecular flexibility index (Phi) is 3.80. The maximum Gasteiger partial charge on any atom is 0.244 e. The molecule has 0 aliphatic carbocycles. The summed E-state index contributed by atoms with van der Waals surface area (Å²) in [5.41, 5.74) is 2.72. The van der Waals surface area contributed by atoms with Crippen LogP contribution in [0.1, 0.15) is 28.9 Å². The molecule has 0 radical (unpaired) electrons. The van der Waals surface area contributed by atoms with Gasteiger partial charge in [-0.15, -0.1) is 0 Å². The van der Waals surface area contributed by atoms with Crippen LogP contribution in [-0.4, -0.2) is 35.7 Å². The molecule has 1 aliphatic heterocycles. The van der Waals surface area contributed by atoms with Crippen molar-refractivity contribution >= 4 is 0 Å². The van der Waals surface area contributed by atoms with Gasteiger partial charge in [-0.3, -0.25) is 0 Å². The minimum absolute atomic E-state index is 0.130. The average molecular weight is 272 g/mol. The van der Waals surface area contributed by atoms with E-state index in [0.717, 1.165) is 31.8 Å². The molecule has 1 aromatic carbocycles. The molecule has 2 heterocycles. The van der Waals surface area contributed by atoms with E-state index in [-0.39, 0.29) is 6.04 Å². The highest BCUT2D eigenvalue weighted by atomic mass is 16.5. The third kappa shape index (κ3) is 2.89. The van der Waals surface area contributed by atoms with Gasteiger partial charge in [0.25, 0.3) is 0 Å². The Hall–Kier alpha value is -1.72. The van der Waals surface area contributed by atoms with Gasteiger partial charge in [0, 0.05) is 19.5 Å². The van der Waals surface area contributed by atoms with Crippen LogP contribution in [0.4, 0.5) is 0 Å². The van der Waals surface area contributed by atoms with E-state index < -0.39 is 0 Å². The first-order valence-corrected chi connectivity index (χ1v) is 7.00. The molecule has 0 bridgehead atoms. The maximum atomic E-state index is 5.41. The van der Waals surface area contributed by atoms with Gasteiger partial charge >= 0.3 is 0 Å². The molecule has 1 aliphatic rings. The van der Waals surface area contributed by atoms with Gasteiger partial charge in [-0.05, 0) is 31.6 Å². The lowest BCUT2D eigenvalue weighted by Crippen LogP contribution is -2.28. The first kappa shape index (κ1) is 13.3. The second-order valence-corrected chi connectivity index (χ2v) is 5.51. The molecule has 5 heteroatoms. The quantitative estimate of drug-likeness (QED) is 0.915. The number of nitrogens with zero attached hydrogens (tertiary/aromatic N) is 3. The Labute approximate surface area is 119 Å². The van der Waals surface area contributed by atoms with Crippen molar-refractivity contribution in [3.8, 4) is 0 Å². The maximum absolute atomic E-state index is 5.41. The van der Waals surface area contributed by atoms with Gasteiger partial charge in [0.2, 0.25) is 5.89 Å². The number of aromatic nitrogens is 2. The number of likely N-dealkylation sites (N-methyl/N-ethyl adjacent to an activating group) is 1. The van der Waals surface area contributed by atoms with E-state index >= 15 is 0 Å². The van der Waals surface area contributed by atoms with Crippen LogP contribution in [0.2, 0.25) is 0 Å². The average Bonchev–Trinajstić information content (AvgIpc) is 2.93. The predicted molar refractivity (Wildman–Crippen MR) is 76.3 cm³/mol. The van der Waals surface area contributed by atoms with Crippen LogP contribution >= 0.6 is 0 Å². The summed E-state index contributed by atoms with van der Waals surface area (Å²) < 4.78 is 5.41. The fourth-order valence-electron chi connectivity index (χ4n) is 2.46. The lowest BCUT2D eigenvalue weighted by Gasteiger charge is -2.23. The van der Waals surface area contributed by atoms with Crippen LogP contribution in [-0.2, 0) is 19.4 Å². The monoisotopic (exact) mass is 272 g/mol. The van der Waals surface area contributed by atoms with Crippen LogP contribution in [0, 0.1) is 0 Å². The fourth-order valence-corrected chi connectivity index (χ4v) is 2.46. The van der Waals surface area contributed by atoms with Crippen molar-refractivity contribution in [1.29, 1.82) is 0 Å². The number of hydrogen-bond donors (Lipinski definition) is 1. The number of hydrogen-bond acceptors (Lipinski definition) is 5. The van der Waals surface area contributed by atoms with Gasteiger partial charge < -0.3 is 14.7 Å². The predicted octanol–water partition coefficient (Wildman–Crippen LogP) is 1.56. The lowest BCUT2D eigenvalue weighted by atomic mass is 9.96. The molecule has 1 N–H and O–H groups in total. The Morgan fingerprint density at radius 2 is 2.10 bits per heavy atom. The van der Waals surface area contributed by atoms with Crippen LogP contribution in [0.3, 0.4) is 0 Å². The standard InChI is InChI=1S/C15H20N4O/c1-19(2)8-7-14-17-15(20-18-14)13-9-11-5-3-4-6-12(11)10-16-13/h3-6,13,16H,7-10H2,1-2H3/t13-/m1/s1. The molecule has 5 nitrogen and oxygen atoms in total. The van der Waals surface area contributed by atoms with Gasteiger partial charge in [0.15, 0.2) is 5.82 Å². The Morgan fingerprint density at radius 3 is 2.90 bits per heavy atom. The van der Waals surface area contributed by atoms with Gasteiger partial charge in [-0.25, -0.2) is 0 Å². The number of nitrogens with one attached hydrogen (secondary N) is 1. The molecule has 0 spiro atoms. The molecule has 20 heavy (non-hydrogen) atoms. The van der Waals surface area contributed by atoms with Gasteiger partial charge in [-0.1, -0.05) is 29.4 Å². The molecule has 0 saturated heterocycles. The zero-order chi connectivity index (χ0) is 13.9. The Morgan fingerprint density at radius 1 is 1.30 bits per heavy atom. The zero-order valence-electron chi connectivity index (χ0n) is 12.0. The summed E-state index contributed by atoms with van der Waals surface area (Å²) in [6.45, 7) is 1.79. The molecule has 1 aromatic heterocycles.